The summed E-state index contributed by atoms with van der Waals surface area (Å²) in [6.07, 6.45) is 0. The van der Waals surface area contributed by atoms with E-state index in [1.807, 2.05) is 13.8 Å². The number of carboxylic acid groups (broad SMARTS) is 1. The van der Waals surface area contributed by atoms with Crippen molar-refractivity contribution in [2.75, 3.05) is 6.61 Å². The zero-order chi connectivity index (χ0) is 13.7. The number of nitrogens with two attached hydrogens (primary N) is 1. The molecular weight excluding hydrogens is 234 g/mol. The lowest BCUT2D eigenvalue weighted by Crippen LogP contribution is -2.20. The molecule has 0 amide bonds. The third kappa shape index (κ3) is 3.85. The fourth-order valence-electron chi connectivity index (χ4n) is 1.29. The van der Waals surface area contributed by atoms with Gasteiger partial charge in [0.05, 0.1) is 12.2 Å². The molecule has 1 aromatic rings. The second-order valence-corrected chi connectivity index (χ2v) is 4.43. The molecule has 0 saturated carbocycles. The SMILES string of the molecule is CC(C)COC(=O)c1ccc(C(N)C(=O)O)cc1. The van der Waals surface area contributed by atoms with E-state index in [0.717, 1.165) is 0 Å². The van der Waals surface area contributed by atoms with Crippen LogP contribution in [0.2, 0.25) is 0 Å². The summed E-state index contributed by atoms with van der Waals surface area (Å²) in [5.74, 6) is -1.25. The van der Waals surface area contributed by atoms with Gasteiger partial charge < -0.3 is 15.6 Å². The number of hydrogen-bond acceptors (Lipinski definition) is 4. The quantitative estimate of drug-likeness (QED) is 0.775. The molecule has 0 bridgehead atoms. The molecule has 1 atom stereocenters. The van der Waals surface area contributed by atoms with Gasteiger partial charge in [-0.3, -0.25) is 4.79 Å². The summed E-state index contributed by atoms with van der Waals surface area (Å²) in [6.45, 7) is 4.25. The predicted molar refractivity (Wildman–Crippen MR) is 66.1 cm³/mol. The van der Waals surface area contributed by atoms with E-state index in [0.29, 0.717) is 17.7 Å². The summed E-state index contributed by atoms with van der Waals surface area (Å²) in [4.78, 5) is 22.3. The molecule has 5 nitrogen and oxygen atoms in total. The number of hydrogen-bond donors (Lipinski definition) is 2. The lowest BCUT2D eigenvalue weighted by atomic mass is 10.1. The van der Waals surface area contributed by atoms with Gasteiger partial charge in [0.15, 0.2) is 0 Å². The molecule has 0 aliphatic rings. The van der Waals surface area contributed by atoms with Crippen molar-refractivity contribution in [2.45, 2.75) is 19.9 Å². The number of rotatable bonds is 5. The van der Waals surface area contributed by atoms with Gasteiger partial charge in [0, 0.05) is 0 Å². The third-order valence-corrected chi connectivity index (χ3v) is 2.32. The first-order valence-electron chi connectivity index (χ1n) is 5.67. The zero-order valence-corrected chi connectivity index (χ0v) is 10.4. The van der Waals surface area contributed by atoms with E-state index in [4.69, 9.17) is 15.6 Å². The van der Waals surface area contributed by atoms with Crippen molar-refractivity contribution in [1.82, 2.24) is 0 Å². The first-order valence-corrected chi connectivity index (χ1v) is 5.67. The molecule has 0 heterocycles. The molecule has 5 heteroatoms. The van der Waals surface area contributed by atoms with E-state index < -0.39 is 18.0 Å². The second-order valence-electron chi connectivity index (χ2n) is 4.43. The minimum atomic E-state index is -1.11. The Hall–Kier alpha value is -1.88. The summed E-state index contributed by atoms with van der Waals surface area (Å²) in [5, 5.41) is 8.74. The summed E-state index contributed by atoms with van der Waals surface area (Å²) in [6, 6.07) is 4.99. The standard InChI is InChI=1S/C13H17NO4/c1-8(2)7-18-13(17)10-5-3-9(4-6-10)11(14)12(15)16/h3-6,8,11H,7,14H2,1-2H3,(H,15,16). The number of benzene rings is 1. The van der Waals surface area contributed by atoms with Crippen LogP contribution in [0.1, 0.15) is 35.8 Å². The van der Waals surface area contributed by atoms with E-state index in [1.165, 1.54) is 24.3 Å². The molecule has 0 saturated heterocycles. The second kappa shape index (κ2) is 6.16. The Labute approximate surface area is 106 Å². The highest BCUT2D eigenvalue weighted by molar-refractivity contribution is 5.89. The van der Waals surface area contributed by atoms with Gasteiger partial charge in [-0.05, 0) is 23.6 Å². The van der Waals surface area contributed by atoms with Gasteiger partial charge in [-0.2, -0.15) is 0 Å². The topological polar surface area (TPSA) is 89.6 Å². The maximum atomic E-state index is 11.6. The predicted octanol–water partition coefficient (Wildman–Crippen LogP) is 1.58. The monoisotopic (exact) mass is 251 g/mol. The number of carbonyl (C=O) groups is 2. The van der Waals surface area contributed by atoms with Crippen molar-refractivity contribution in [3.8, 4) is 0 Å². The van der Waals surface area contributed by atoms with E-state index in [2.05, 4.69) is 0 Å². The Bertz CT molecular complexity index is 425. The van der Waals surface area contributed by atoms with Gasteiger partial charge >= 0.3 is 11.9 Å². The smallest absolute Gasteiger partial charge is 0.338 e. The van der Waals surface area contributed by atoms with Crippen molar-refractivity contribution in [2.24, 2.45) is 11.7 Å². The van der Waals surface area contributed by atoms with Crippen molar-refractivity contribution in [1.29, 1.82) is 0 Å². The van der Waals surface area contributed by atoms with Gasteiger partial charge in [-0.1, -0.05) is 26.0 Å². The van der Waals surface area contributed by atoms with Gasteiger partial charge in [-0.15, -0.1) is 0 Å². The Morgan fingerprint density at radius 3 is 2.28 bits per heavy atom. The Balaban J connectivity index is 2.70. The first kappa shape index (κ1) is 14.2. The average Bonchev–Trinajstić information content (AvgIpc) is 2.35. The number of esters is 1. The summed E-state index contributed by atoms with van der Waals surface area (Å²) in [7, 11) is 0. The van der Waals surface area contributed by atoms with Gasteiger partial charge in [0.25, 0.3) is 0 Å². The molecule has 18 heavy (non-hydrogen) atoms. The summed E-state index contributed by atoms with van der Waals surface area (Å²) in [5.41, 5.74) is 6.28. The highest BCUT2D eigenvalue weighted by Gasteiger charge is 2.15. The van der Waals surface area contributed by atoms with Crippen LogP contribution in [0.15, 0.2) is 24.3 Å². The van der Waals surface area contributed by atoms with Gasteiger partial charge in [-0.25, -0.2) is 4.79 Å². The fourth-order valence-corrected chi connectivity index (χ4v) is 1.29. The normalized spacial score (nSPS) is 12.2. The maximum absolute atomic E-state index is 11.6. The molecule has 0 radical (unpaired) electrons. The van der Waals surface area contributed by atoms with Crippen molar-refractivity contribution in [3.63, 3.8) is 0 Å². The molecule has 3 N–H and O–H groups in total. The van der Waals surface area contributed by atoms with Crippen molar-refractivity contribution >= 4 is 11.9 Å². The number of ether oxygens (including phenoxy) is 1. The van der Waals surface area contributed by atoms with Crippen LogP contribution in [-0.2, 0) is 9.53 Å². The van der Waals surface area contributed by atoms with E-state index in [9.17, 15) is 9.59 Å². The molecule has 1 aromatic carbocycles. The van der Waals surface area contributed by atoms with Crippen LogP contribution in [0.4, 0.5) is 0 Å². The lowest BCUT2D eigenvalue weighted by molar-refractivity contribution is -0.138. The molecule has 0 fully saturated rings. The molecule has 0 aliphatic heterocycles. The number of carbonyl (C=O) groups excluding carboxylic acids is 1. The molecule has 0 aromatic heterocycles. The minimum absolute atomic E-state index is 0.272. The van der Waals surface area contributed by atoms with Crippen LogP contribution < -0.4 is 5.73 Å². The summed E-state index contributed by atoms with van der Waals surface area (Å²) < 4.78 is 5.05. The van der Waals surface area contributed by atoms with Gasteiger partial charge in [0.1, 0.15) is 6.04 Å². The molecule has 0 aliphatic carbocycles. The molecule has 1 rings (SSSR count). The summed E-state index contributed by atoms with van der Waals surface area (Å²) >= 11 is 0. The van der Waals surface area contributed by atoms with Crippen LogP contribution in [0, 0.1) is 5.92 Å². The number of carboxylic acids is 1. The third-order valence-electron chi connectivity index (χ3n) is 2.32. The molecule has 0 spiro atoms. The zero-order valence-electron chi connectivity index (χ0n) is 10.4. The van der Waals surface area contributed by atoms with E-state index >= 15 is 0 Å². The van der Waals surface area contributed by atoms with E-state index in [1.54, 1.807) is 0 Å². The van der Waals surface area contributed by atoms with Gasteiger partial charge in [0.2, 0.25) is 0 Å². The number of aliphatic carboxylic acids is 1. The van der Waals surface area contributed by atoms with Crippen LogP contribution in [0.25, 0.3) is 0 Å². The largest absolute Gasteiger partial charge is 0.480 e. The van der Waals surface area contributed by atoms with Crippen LogP contribution in [0.3, 0.4) is 0 Å². The van der Waals surface area contributed by atoms with Crippen molar-refractivity contribution in [3.05, 3.63) is 35.4 Å². The van der Waals surface area contributed by atoms with Crippen LogP contribution in [0.5, 0.6) is 0 Å². The Morgan fingerprint density at radius 1 is 1.28 bits per heavy atom. The first-order chi connectivity index (χ1) is 8.41. The molecular formula is C13H17NO4. The maximum Gasteiger partial charge on any atom is 0.338 e. The Morgan fingerprint density at radius 2 is 1.83 bits per heavy atom. The van der Waals surface area contributed by atoms with E-state index in [-0.39, 0.29) is 5.92 Å². The lowest BCUT2D eigenvalue weighted by Gasteiger charge is -2.09. The molecule has 98 valence electrons. The average molecular weight is 251 g/mol. The van der Waals surface area contributed by atoms with Crippen LogP contribution >= 0.6 is 0 Å². The fraction of sp³-hybridized carbons (Fsp3) is 0.385. The van der Waals surface area contributed by atoms with Crippen molar-refractivity contribution < 1.29 is 19.4 Å². The minimum Gasteiger partial charge on any atom is -0.480 e. The Kier molecular flexibility index (Phi) is 4.85. The highest BCUT2D eigenvalue weighted by atomic mass is 16.5. The van der Waals surface area contributed by atoms with Crippen LogP contribution in [-0.4, -0.2) is 23.7 Å². The molecule has 1 unspecified atom stereocenters. The highest BCUT2D eigenvalue weighted by Crippen LogP contribution is 2.13.